The molecule has 1 atom stereocenters. The lowest BCUT2D eigenvalue weighted by molar-refractivity contribution is 0.300. The fourth-order valence-electron chi connectivity index (χ4n) is 4.28. The molecule has 32 heavy (non-hydrogen) atoms. The average Bonchev–Trinajstić information content (AvgIpc) is 3.48. The van der Waals surface area contributed by atoms with E-state index in [9.17, 15) is 4.39 Å². The van der Waals surface area contributed by atoms with E-state index in [4.69, 9.17) is 14.2 Å². The van der Waals surface area contributed by atoms with Crippen LogP contribution in [0.2, 0.25) is 0 Å². The van der Waals surface area contributed by atoms with Gasteiger partial charge in [0.05, 0.1) is 18.5 Å². The smallest absolute Gasteiger partial charge is 0.130 e. The molecule has 1 N–H and O–H groups in total. The molecule has 0 radical (unpaired) electrons. The van der Waals surface area contributed by atoms with Crippen LogP contribution in [0, 0.1) is 5.82 Å². The molecule has 2 aliphatic heterocycles. The van der Waals surface area contributed by atoms with Gasteiger partial charge in [-0.25, -0.2) is 4.39 Å². The van der Waals surface area contributed by atoms with E-state index in [0.717, 1.165) is 54.5 Å². The Morgan fingerprint density at radius 1 is 1.16 bits per heavy atom. The van der Waals surface area contributed by atoms with Gasteiger partial charge in [0.1, 0.15) is 36.3 Å². The molecule has 1 aromatic heterocycles. The van der Waals surface area contributed by atoms with Crippen LogP contribution in [0.15, 0.2) is 54.1 Å². The van der Waals surface area contributed by atoms with Crippen molar-refractivity contribution in [3.05, 3.63) is 76.9 Å². The first kappa shape index (κ1) is 20.6. The number of methoxy groups -OCH3 is 1. The van der Waals surface area contributed by atoms with Gasteiger partial charge in [-0.2, -0.15) is 5.10 Å². The van der Waals surface area contributed by atoms with Crippen LogP contribution in [0.1, 0.15) is 29.3 Å². The van der Waals surface area contributed by atoms with Crippen LogP contribution >= 0.6 is 0 Å². The first-order chi connectivity index (χ1) is 15.7. The number of benzene rings is 2. The summed E-state index contributed by atoms with van der Waals surface area (Å²) in [5.74, 6) is 2.50. The summed E-state index contributed by atoms with van der Waals surface area (Å²) in [5.41, 5.74) is 4.31. The maximum Gasteiger partial charge on any atom is 0.130 e. The number of nitrogens with zero attached hydrogens (tertiary/aromatic N) is 2. The molecule has 0 saturated carbocycles. The van der Waals surface area contributed by atoms with Gasteiger partial charge in [0, 0.05) is 24.6 Å². The third-order valence-electron chi connectivity index (χ3n) is 5.97. The molecular weight excluding hydrogens is 409 g/mol. The summed E-state index contributed by atoms with van der Waals surface area (Å²) in [4.78, 5) is 2.45. The van der Waals surface area contributed by atoms with Gasteiger partial charge in [-0.05, 0) is 73.1 Å². The average molecular weight is 435 g/mol. The summed E-state index contributed by atoms with van der Waals surface area (Å²) >= 11 is 0. The van der Waals surface area contributed by atoms with Gasteiger partial charge in [-0.15, -0.1) is 0 Å². The molecule has 5 rings (SSSR count). The van der Waals surface area contributed by atoms with E-state index in [1.54, 1.807) is 19.2 Å². The number of aromatic nitrogens is 2. The fraction of sp³-hybridized carbons (Fsp3) is 0.320. The maximum absolute atomic E-state index is 13.0. The Kier molecular flexibility index (Phi) is 5.81. The number of H-pyrrole nitrogens is 1. The lowest BCUT2D eigenvalue weighted by Gasteiger charge is -2.22. The van der Waals surface area contributed by atoms with Crippen LogP contribution in [0.25, 0.3) is 6.08 Å². The van der Waals surface area contributed by atoms with Crippen molar-refractivity contribution < 1.29 is 18.6 Å². The van der Waals surface area contributed by atoms with Gasteiger partial charge < -0.3 is 14.2 Å². The van der Waals surface area contributed by atoms with E-state index < -0.39 is 0 Å². The number of hydrogen-bond donors (Lipinski definition) is 1. The van der Waals surface area contributed by atoms with Gasteiger partial charge >= 0.3 is 0 Å². The van der Waals surface area contributed by atoms with E-state index in [-0.39, 0.29) is 5.82 Å². The van der Waals surface area contributed by atoms with Crippen LogP contribution in [-0.4, -0.2) is 48.4 Å². The number of rotatable bonds is 7. The molecule has 0 bridgehead atoms. The van der Waals surface area contributed by atoms with Gasteiger partial charge in [0.2, 0.25) is 0 Å². The molecular formula is C25H26FN3O3. The monoisotopic (exact) mass is 435 g/mol. The molecule has 3 aromatic rings. The number of aromatic amines is 1. The lowest BCUT2D eigenvalue weighted by atomic mass is 10.0. The minimum absolute atomic E-state index is 0.272. The Bertz CT molecular complexity index is 1110. The van der Waals surface area contributed by atoms with Crippen LogP contribution in [0.5, 0.6) is 17.2 Å². The molecule has 1 saturated heterocycles. The van der Waals surface area contributed by atoms with Gasteiger partial charge in [0.25, 0.3) is 0 Å². The summed E-state index contributed by atoms with van der Waals surface area (Å²) in [7, 11) is 1.68. The van der Waals surface area contributed by atoms with Crippen LogP contribution in [-0.2, 0) is 6.61 Å². The first-order valence-corrected chi connectivity index (χ1v) is 10.8. The zero-order chi connectivity index (χ0) is 21.9. The molecule has 166 valence electrons. The minimum Gasteiger partial charge on any atom is -0.497 e. The van der Waals surface area contributed by atoms with Gasteiger partial charge in [0.15, 0.2) is 0 Å². The third kappa shape index (κ3) is 4.62. The third-order valence-corrected chi connectivity index (χ3v) is 5.97. The van der Waals surface area contributed by atoms with Crippen molar-refractivity contribution >= 4 is 6.08 Å². The Morgan fingerprint density at radius 2 is 2.00 bits per heavy atom. The second-order valence-corrected chi connectivity index (χ2v) is 8.28. The van der Waals surface area contributed by atoms with Crippen molar-refractivity contribution in [1.82, 2.24) is 15.1 Å². The molecule has 0 spiro atoms. The van der Waals surface area contributed by atoms with Crippen molar-refractivity contribution in [3.63, 3.8) is 0 Å². The zero-order valence-electron chi connectivity index (χ0n) is 18.0. The fourth-order valence-corrected chi connectivity index (χ4v) is 4.28. The highest BCUT2D eigenvalue weighted by Crippen LogP contribution is 2.32. The maximum atomic E-state index is 13.0. The van der Waals surface area contributed by atoms with E-state index in [2.05, 4.69) is 27.2 Å². The summed E-state index contributed by atoms with van der Waals surface area (Å²) in [6.45, 7) is 3.88. The Balaban J connectivity index is 1.16. The molecule has 6 nitrogen and oxygen atoms in total. The van der Waals surface area contributed by atoms with E-state index in [1.807, 2.05) is 18.2 Å². The number of nitrogens with one attached hydrogen (secondary N) is 1. The summed E-state index contributed by atoms with van der Waals surface area (Å²) in [6.07, 6.45) is 3.29. The highest BCUT2D eigenvalue weighted by molar-refractivity contribution is 5.64. The zero-order valence-corrected chi connectivity index (χ0v) is 18.0. The number of hydrogen-bond acceptors (Lipinski definition) is 5. The SMILES string of the molecule is COc1ccc2c(c1)C=C(CN1CC[C@H](c3cc(COc4ccc(F)cc4)[nH]n3)C1)CO2. The van der Waals surface area contributed by atoms with Crippen LogP contribution in [0.3, 0.4) is 0 Å². The highest BCUT2D eigenvalue weighted by atomic mass is 19.1. The van der Waals surface area contributed by atoms with E-state index >= 15 is 0 Å². The van der Waals surface area contributed by atoms with Crippen molar-refractivity contribution in [1.29, 1.82) is 0 Å². The topological polar surface area (TPSA) is 59.6 Å². The molecule has 1 fully saturated rings. The predicted molar refractivity (Wildman–Crippen MR) is 120 cm³/mol. The lowest BCUT2D eigenvalue weighted by Crippen LogP contribution is -2.26. The molecule has 7 heteroatoms. The summed E-state index contributed by atoms with van der Waals surface area (Å²) in [5, 5.41) is 7.58. The van der Waals surface area contributed by atoms with Crippen molar-refractivity contribution in [2.45, 2.75) is 18.9 Å². The second-order valence-electron chi connectivity index (χ2n) is 8.28. The number of halogens is 1. The number of ether oxygens (including phenoxy) is 3. The highest BCUT2D eigenvalue weighted by Gasteiger charge is 2.27. The molecule has 0 unspecified atom stereocenters. The summed E-state index contributed by atoms with van der Waals surface area (Å²) in [6, 6.07) is 14.0. The molecule has 3 heterocycles. The molecule has 0 amide bonds. The van der Waals surface area contributed by atoms with Gasteiger partial charge in [-0.3, -0.25) is 10.00 Å². The van der Waals surface area contributed by atoms with Crippen molar-refractivity contribution in [2.24, 2.45) is 0 Å². The normalized spacial score (nSPS) is 18.1. The van der Waals surface area contributed by atoms with Crippen molar-refractivity contribution in [3.8, 4) is 17.2 Å². The number of fused-ring (bicyclic) bond motifs is 1. The number of likely N-dealkylation sites (tertiary alicyclic amines) is 1. The summed E-state index contributed by atoms with van der Waals surface area (Å²) < 4.78 is 30.0. The molecule has 0 aliphatic carbocycles. The Hall–Kier alpha value is -3.32. The van der Waals surface area contributed by atoms with Crippen LogP contribution in [0.4, 0.5) is 4.39 Å². The Labute approximate surface area is 186 Å². The largest absolute Gasteiger partial charge is 0.497 e. The predicted octanol–water partition coefficient (Wildman–Crippen LogP) is 4.40. The van der Waals surface area contributed by atoms with E-state index in [1.165, 1.54) is 17.7 Å². The Morgan fingerprint density at radius 3 is 2.84 bits per heavy atom. The minimum atomic E-state index is -0.272. The second kappa shape index (κ2) is 9.04. The first-order valence-electron chi connectivity index (χ1n) is 10.8. The standard InChI is InChI=1S/C25H26FN3O3/c1-30-23-6-7-25-19(11-23)10-17(15-32-25)13-29-9-8-18(14-29)24-12-21(27-28-24)16-31-22-4-2-20(26)3-5-22/h2-7,10-12,18H,8-9,13-16H2,1H3,(H,27,28)/t18-/m0/s1. The molecule has 2 aromatic carbocycles. The van der Waals surface area contributed by atoms with Crippen LogP contribution < -0.4 is 14.2 Å². The molecule has 2 aliphatic rings. The van der Waals surface area contributed by atoms with E-state index in [0.29, 0.717) is 24.9 Å². The van der Waals surface area contributed by atoms with Gasteiger partial charge in [-0.1, -0.05) is 0 Å². The quantitative estimate of drug-likeness (QED) is 0.596. The van der Waals surface area contributed by atoms with Crippen molar-refractivity contribution in [2.75, 3.05) is 33.4 Å².